The van der Waals surface area contributed by atoms with Gasteiger partial charge >= 0.3 is 5.97 Å². The fraction of sp³-hybridized carbons (Fsp3) is 0.357. The molecule has 0 aliphatic carbocycles. The minimum absolute atomic E-state index is 0.178. The summed E-state index contributed by atoms with van der Waals surface area (Å²) in [5.74, 6) is -1.78. The molecule has 1 saturated heterocycles. The third kappa shape index (κ3) is 2.75. The van der Waals surface area contributed by atoms with Gasteiger partial charge in [-0.3, -0.25) is 0 Å². The first-order valence-corrected chi connectivity index (χ1v) is 6.74. The number of aliphatic carboxylic acids is 1. The molecule has 0 saturated carbocycles. The van der Waals surface area contributed by atoms with Gasteiger partial charge in [-0.1, -0.05) is 0 Å². The summed E-state index contributed by atoms with van der Waals surface area (Å²) in [6, 6.07) is 3.88. The lowest BCUT2D eigenvalue weighted by molar-refractivity contribution is -0.270. The van der Waals surface area contributed by atoms with Gasteiger partial charge in [-0.25, -0.2) is 9.18 Å². The minimum atomic E-state index is -1.79. The highest BCUT2D eigenvalue weighted by atomic mass is 19.1. The molecule has 0 radical (unpaired) electrons. The topological polar surface area (TPSA) is 132 Å². The molecule has 8 nitrogen and oxygen atoms in total. The van der Waals surface area contributed by atoms with Crippen LogP contribution in [0.5, 0.6) is 5.75 Å². The van der Waals surface area contributed by atoms with Crippen LogP contribution in [0.4, 0.5) is 4.39 Å². The van der Waals surface area contributed by atoms with E-state index in [0.717, 1.165) is 0 Å². The molecule has 3 rings (SSSR count). The van der Waals surface area contributed by atoms with Gasteiger partial charge in [-0.2, -0.15) is 0 Å². The molecule has 2 heterocycles. The number of benzene rings is 1. The monoisotopic (exact) mass is 327 g/mol. The number of H-pyrrole nitrogens is 1. The number of aliphatic hydroxyl groups is 3. The third-order valence-electron chi connectivity index (χ3n) is 3.66. The number of hydrogen-bond donors (Lipinski definition) is 5. The number of halogens is 1. The SMILES string of the molecule is O=C(O)[C@H]1OC(Oc2c[nH]c3cc(F)ccc23)[C@H](O)[C@@H](O)[C@@H]1O. The molecule has 0 amide bonds. The highest BCUT2D eigenvalue weighted by Gasteiger charge is 2.48. The maximum Gasteiger partial charge on any atom is 0.335 e. The Labute approximate surface area is 128 Å². The van der Waals surface area contributed by atoms with E-state index in [1.807, 2.05) is 0 Å². The molecule has 0 bridgehead atoms. The molecule has 2 aromatic rings. The molecule has 1 aliphatic rings. The van der Waals surface area contributed by atoms with E-state index in [2.05, 4.69) is 4.98 Å². The predicted molar refractivity (Wildman–Crippen MR) is 73.2 cm³/mol. The van der Waals surface area contributed by atoms with Crippen molar-refractivity contribution in [2.75, 3.05) is 0 Å². The average molecular weight is 327 g/mol. The van der Waals surface area contributed by atoms with Crippen molar-refractivity contribution in [1.82, 2.24) is 4.98 Å². The number of aliphatic hydroxyl groups excluding tert-OH is 3. The number of carbonyl (C=O) groups is 1. The number of aromatic nitrogens is 1. The number of hydrogen-bond acceptors (Lipinski definition) is 6. The Morgan fingerprint density at radius 1 is 1.22 bits per heavy atom. The van der Waals surface area contributed by atoms with Crippen molar-refractivity contribution in [1.29, 1.82) is 0 Å². The lowest BCUT2D eigenvalue weighted by atomic mass is 9.99. The number of rotatable bonds is 3. The van der Waals surface area contributed by atoms with Crippen LogP contribution in [0.15, 0.2) is 24.4 Å². The van der Waals surface area contributed by atoms with E-state index in [9.17, 15) is 24.5 Å². The molecule has 9 heteroatoms. The first-order chi connectivity index (χ1) is 10.9. The zero-order chi connectivity index (χ0) is 16.7. The second kappa shape index (κ2) is 5.78. The van der Waals surface area contributed by atoms with Crippen molar-refractivity contribution < 1.29 is 39.1 Å². The van der Waals surface area contributed by atoms with Gasteiger partial charge in [0.1, 0.15) is 29.9 Å². The van der Waals surface area contributed by atoms with Gasteiger partial charge in [0.25, 0.3) is 0 Å². The standard InChI is InChI=1S/C14H14FNO7/c15-5-1-2-6-7(3-5)16-4-8(6)22-14-11(19)9(17)10(18)12(23-14)13(20)21/h1-4,9-12,14,16-19H,(H,20,21)/t9-,10-,11+,12-,14?/m0/s1. The van der Waals surface area contributed by atoms with E-state index in [0.29, 0.717) is 10.9 Å². The van der Waals surface area contributed by atoms with Crippen molar-refractivity contribution >= 4 is 16.9 Å². The molecular weight excluding hydrogens is 313 g/mol. The number of ether oxygens (including phenoxy) is 2. The molecule has 1 aromatic heterocycles. The maximum atomic E-state index is 13.1. The quantitative estimate of drug-likeness (QED) is 0.517. The van der Waals surface area contributed by atoms with Gasteiger partial charge in [0.15, 0.2) is 6.10 Å². The molecule has 23 heavy (non-hydrogen) atoms. The lowest BCUT2D eigenvalue weighted by Gasteiger charge is -2.38. The van der Waals surface area contributed by atoms with Crippen molar-refractivity contribution in [3.05, 3.63) is 30.2 Å². The van der Waals surface area contributed by atoms with Crippen LogP contribution in [0.3, 0.4) is 0 Å². The largest absolute Gasteiger partial charge is 0.479 e. The van der Waals surface area contributed by atoms with Gasteiger partial charge in [0.05, 0.1) is 5.52 Å². The molecular formula is C14H14FNO7. The van der Waals surface area contributed by atoms with E-state index < -0.39 is 42.5 Å². The molecule has 0 spiro atoms. The molecule has 1 aliphatic heterocycles. The third-order valence-corrected chi connectivity index (χ3v) is 3.66. The summed E-state index contributed by atoms with van der Waals surface area (Å²) in [5.41, 5.74) is 0.431. The number of aromatic amines is 1. The van der Waals surface area contributed by atoms with Crippen LogP contribution in [-0.4, -0.2) is 62.1 Å². The molecule has 5 N–H and O–H groups in total. The first kappa shape index (κ1) is 15.7. The lowest BCUT2D eigenvalue weighted by Crippen LogP contribution is -2.61. The minimum Gasteiger partial charge on any atom is -0.479 e. The van der Waals surface area contributed by atoms with Crippen LogP contribution in [-0.2, 0) is 9.53 Å². The van der Waals surface area contributed by atoms with E-state index in [-0.39, 0.29) is 5.75 Å². The summed E-state index contributed by atoms with van der Waals surface area (Å²) in [4.78, 5) is 13.8. The van der Waals surface area contributed by atoms with Crippen LogP contribution in [0.25, 0.3) is 10.9 Å². The second-order valence-corrected chi connectivity index (χ2v) is 5.20. The highest BCUT2D eigenvalue weighted by Crippen LogP contribution is 2.30. The highest BCUT2D eigenvalue weighted by molar-refractivity contribution is 5.86. The number of carboxylic acid groups (broad SMARTS) is 1. The zero-order valence-electron chi connectivity index (χ0n) is 11.6. The molecule has 5 atom stereocenters. The molecule has 124 valence electrons. The summed E-state index contributed by atoms with van der Waals surface area (Å²) in [6.07, 6.45) is -7.09. The first-order valence-electron chi connectivity index (χ1n) is 6.74. The summed E-state index contributed by atoms with van der Waals surface area (Å²) >= 11 is 0. The van der Waals surface area contributed by atoms with Crippen LogP contribution in [0, 0.1) is 5.82 Å². The van der Waals surface area contributed by atoms with Crippen LogP contribution >= 0.6 is 0 Å². The normalized spacial score (nSPS) is 31.2. The molecule has 1 fully saturated rings. The summed E-state index contributed by atoms with van der Waals surface area (Å²) in [7, 11) is 0. The Morgan fingerprint density at radius 3 is 2.65 bits per heavy atom. The summed E-state index contributed by atoms with van der Waals surface area (Å²) < 4.78 is 23.6. The fourth-order valence-corrected chi connectivity index (χ4v) is 2.44. The zero-order valence-corrected chi connectivity index (χ0v) is 11.6. The van der Waals surface area contributed by atoms with Crippen molar-refractivity contribution in [2.24, 2.45) is 0 Å². The number of fused-ring (bicyclic) bond motifs is 1. The van der Waals surface area contributed by atoms with Gasteiger partial charge < -0.3 is 34.9 Å². The molecule has 1 unspecified atom stereocenters. The Kier molecular flexibility index (Phi) is 3.94. The number of nitrogens with one attached hydrogen (secondary N) is 1. The van der Waals surface area contributed by atoms with Gasteiger partial charge in [0, 0.05) is 11.6 Å². The van der Waals surface area contributed by atoms with E-state index >= 15 is 0 Å². The summed E-state index contributed by atoms with van der Waals surface area (Å²) in [5, 5.41) is 38.7. The van der Waals surface area contributed by atoms with E-state index in [4.69, 9.17) is 14.6 Å². The predicted octanol–water partition coefficient (Wildman–Crippen LogP) is -0.422. The van der Waals surface area contributed by atoms with Crippen LogP contribution in [0.1, 0.15) is 0 Å². The van der Waals surface area contributed by atoms with Gasteiger partial charge in [0.2, 0.25) is 6.29 Å². The van der Waals surface area contributed by atoms with E-state index in [1.165, 1.54) is 24.4 Å². The van der Waals surface area contributed by atoms with Crippen molar-refractivity contribution in [3.8, 4) is 5.75 Å². The van der Waals surface area contributed by atoms with Gasteiger partial charge in [-0.15, -0.1) is 0 Å². The van der Waals surface area contributed by atoms with Gasteiger partial charge in [-0.05, 0) is 18.2 Å². The smallest absolute Gasteiger partial charge is 0.335 e. The number of carboxylic acids is 1. The van der Waals surface area contributed by atoms with Crippen LogP contribution < -0.4 is 4.74 Å². The Bertz CT molecular complexity index is 733. The maximum absolute atomic E-state index is 13.1. The fourth-order valence-electron chi connectivity index (χ4n) is 2.44. The summed E-state index contributed by atoms with van der Waals surface area (Å²) in [6.45, 7) is 0. The average Bonchev–Trinajstić information content (AvgIpc) is 2.89. The van der Waals surface area contributed by atoms with E-state index in [1.54, 1.807) is 0 Å². The molecule has 1 aromatic carbocycles. The van der Waals surface area contributed by atoms with Crippen LogP contribution in [0.2, 0.25) is 0 Å². The Balaban J connectivity index is 1.86. The Morgan fingerprint density at radius 2 is 1.96 bits per heavy atom. The van der Waals surface area contributed by atoms with Crippen molar-refractivity contribution in [3.63, 3.8) is 0 Å². The van der Waals surface area contributed by atoms with Crippen molar-refractivity contribution in [2.45, 2.75) is 30.7 Å². The Hall–Kier alpha value is -2.20. The second-order valence-electron chi connectivity index (χ2n) is 5.20.